The molecule has 1 atom stereocenters. The van der Waals surface area contributed by atoms with Gasteiger partial charge in [-0.3, -0.25) is 9.59 Å². The van der Waals surface area contributed by atoms with E-state index in [-0.39, 0.29) is 18.9 Å². The number of carbonyl (C=O) groups is 2. The maximum absolute atomic E-state index is 13.2. The van der Waals surface area contributed by atoms with Crippen molar-refractivity contribution < 1.29 is 18.4 Å². The van der Waals surface area contributed by atoms with Gasteiger partial charge >= 0.3 is 0 Å². The quantitative estimate of drug-likeness (QED) is 0.811. The molecule has 0 radical (unpaired) electrons. The highest BCUT2D eigenvalue weighted by atomic mass is 19.1. The molecule has 4 nitrogen and oxygen atoms in total. The molecule has 1 aromatic rings. The molecule has 0 bridgehead atoms. The van der Waals surface area contributed by atoms with Crippen LogP contribution in [0, 0.1) is 17.6 Å². The molecule has 1 fully saturated rings. The van der Waals surface area contributed by atoms with Crippen LogP contribution >= 0.6 is 0 Å². The number of hydrogen-bond donors (Lipinski definition) is 2. The maximum Gasteiger partial charge on any atom is 0.229 e. The molecule has 6 heteroatoms. The average Bonchev–Trinajstić information content (AvgIpc) is 2.70. The van der Waals surface area contributed by atoms with Gasteiger partial charge < -0.3 is 10.6 Å². The van der Waals surface area contributed by atoms with Gasteiger partial charge in [0, 0.05) is 13.0 Å². The zero-order valence-corrected chi connectivity index (χ0v) is 8.80. The first-order chi connectivity index (χ1) is 8.08. The number of benzene rings is 1. The Kier molecular flexibility index (Phi) is 3.03. The van der Waals surface area contributed by atoms with E-state index in [1.807, 2.05) is 0 Å². The van der Waals surface area contributed by atoms with Crippen molar-refractivity contribution in [2.24, 2.45) is 5.92 Å². The number of anilines is 1. The van der Waals surface area contributed by atoms with Crippen molar-refractivity contribution in [1.29, 1.82) is 0 Å². The molecule has 1 aromatic carbocycles. The molecule has 2 rings (SSSR count). The molecular formula is C11H10F2N2O2. The number of rotatable bonds is 2. The van der Waals surface area contributed by atoms with Gasteiger partial charge in [-0.15, -0.1) is 0 Å². The third-order valence-electron chi connectivity index (χ3n) is 2.56. The summed E-state index contributed by atoms with van der Waals surface area (Å²) >= 11 is 0. The minimum atomic E-state index is -0.837. The number of hydrogen-bond acceptors (Lipinski definition) is 2. The van der Waals surface area contributed by atoms with Gasteiger partial charge in [-0.05, 0) is 12.1 Å². The molecule has 1 aliphatic rings. The van der Waals surface area contributed by atoms with E-state index in [0.717, 1.165) is 12.1 Å². The van der Waals surface area contributed by atoms with Gasteiger partial charge in [-0.1, -0.05) is 6.07 Å². The summed E-state index contributed by atoms with van der Waals surface area (Å²) in [5, 5.41) is 4.64. The van der Waals surface area contributed by atoms with Crippen molar-refractivity contribution in [3.05, 3.63) is 29.8 Å². The first-order valence-corrected chi connectivity index (χ1v) is 5.09. The summed E-state index contributed by atoms with van der Waals surface area (Å²) in [4.78, 5) is 22.5. The van der Waals surface area contributed by atoms with Gasteiger partial charge in [0.2, 0.25) is 11.8 Å². The molecule has 17 heavy (non-hydrogen) atoms. The van der Waals surface area contributed by atoms with Gasteiger partial charge in [0.05, 0.1) is 5.92 Å². The Morgan fingerprint density at radius 1 is 1.35 bits per heavy atom. The van der Waals surface area contributed by atoms with Crippen molar-refractivity contribution in [1.82, 2.24) is 5.32 Å². The van der Waals surface area contributed by atoms with E-state index >= 15 is 0 Å². The van der Waals surface area contributed by atoms with Crippen molar-refractivity contribution in [3.63, 3.8) is 0 Å². The summed E-state index contributed by atoms with van der Waals surface area (Å²) in [6.45, 7) is 0.195. The van der Waals surface area contributed by atoms with Crippen LogP contribution in [-0.2, 0) is 9.59 Å². The van der Waals surface area contributed by atoms with E-state index in [2.05, 4.69) is 10.6 Å². The summed E-state index contributed by atoms with van der Waals surface area (Å²) in [7, 11) is 0. The zero-order valence-electron chi connectivity index (χ0n) is 8.80. The zero-order chi connectivity index (χ0) is 12.4. The molecule has 0 aliphatic carbocycles. The summed E-state index contributed by atoms with van der Waals surface area (Å²) in [6.07, 6.45) is 0.0436. The van der Waals surface area contributed by atoms with Crippen LogP contribution in [0.15, 0.2) is 18.2 Å². The van der Waals surface area contributed by atoms with Crippen LogP contribution in [0.2, 0.25) is 0 Å². The topological polar surface area (TPSA) is 58.2 Å². The standard InChI is InChI=1S/C11H10F2N2O2/c12-7-2-1-3-8(13)10(7)15-11(17)6-4-9(16)14-5-6/h1-3,6H,4-5H2,(H,14,16)(H,15,17). The molecule has 0 saturated carbocycles. The Hall–Kier alpha value is -1.98. The fourth-order valence-electron chi connectivity index (χ4n) is 1.63. The van der Waals surface area contributed by atoms with E-state index in [9.17, 15) is 18.4 Å². The van der Waals surface area contributed by atoms with E-state index in [1.54, 1.807) is 0 Å². The minimum absolute atomic E-state index is 0.0436. The number of amides is 2. The number of para-hydroxylation sites is 1. The molecule has 0 spiro atoms. The molecule has 1 saturated heterocycles. The molecule has 90 valence electrons. The predicted molar refractivity (Wildman–Crippen MR) is 56.1 cm³/mol. The van der Waals surface area contributed by atoms with Crippen molar-refractivity contribution in [2.45, 2.75) is 6.42 Å². The third kappa shape index (κ3) is 2.41. The lowest BCUT2D eigenvalue weighted by molar-refractivity contribution is -0.123. The Labute approximate surface area is 96.0 Å². The lowest BCUT2D eigenvalue weighted by Crippen LogP contribution is -2.25. The summed E-state index contributed by atoms with van der Waals surface area (Å²) in [5.41, 5.74) is -0.475. The number of halogens is 2. The van der Waals surface area contributed by atoms with Crippen molar-refractivity contribution in [2.75, 3.05) is 11.9 Å². The highest BCUT2D eigenvalue weighted by Crippen LogP contribution is 2.20. The van der Waals surface area contributed by atoms with Crippen molar-refractivity contribution in [3.8, 4) is 0 Å². The Bertz CT molecular complexity index is 456. The molecule has 2 N–H and O–H groups in total. The summed E-state index contributed by atoms with van der Waals surface area (Å²) in [6, 6.07) is 3.31. The molecule has 1 aliphatic heterocycles. The first-order valence-electron chi connectivity index (χ1n) is 5.09. The molecule has 1 unspecified atom stereocenters. The smallest absolute Gasteiger partial charge is 0.229 e. The highest BCUT2D eigenvalue weighted by Gasteiger charge is 2.28. The van der Waals surface area contributed by atoms with E-state index in [0.29, 0.717) is 0 Å². The van der Waals surface area contributed by atoms with E-state index in [4.69, 9.17) is 0 Å². The fraction of sp³-hybridized carbons (Fsp3) is 0.273. The molecule has 1 heterocycles. The van der Waals surface area contributed by atoms with Crippen LogP contribution in [0.5, 0.6) is 0 Å². The van der Waals surface area contributed by atoms with Crippen LogP contribution in [0.25, 0.3) is 0 Å². The van der Waals surface area contributed by atoms with Gasteiger partial charge in [-0.25, -0.2) is 8.78 Å². The number of carbonyl (C=O) groups excluding carboxylic acids is 2. The van der Waals surface area contributed by atoms with Crippen LogP contribution in [0.3, 0.4) is 0 Å². The first kappa shape index (κ1) is 11.5. The molecule has 2 amide bonds. The monoisotopic (exact) mass is 240 g/mol. The third-order valence-corrected chi connectivity index (χ3v) is 2.56. The van der Waals surface area contributed by atoms with Gasteiger partial charge in [0.1, 0.15) is 17.3 Å². The lowest BCUT2D eigenvalue weighted by Gasteiger charge is -2.10. The Morgan fingerprint density at radius 3 is 2.53 bits per heavy atom. The SMILES string of the molecule is O=C1CC(C(=O)Nc2c(F)cccc2F)CN1. The van der Waals surface area contributed by atoms with E-state index < -0.39 is 29.1 Å². The fourth-order valence-corrected chi connectivity index (χ4v) is 1.63. The Balaban J connectivity index is 2.11. The highest BCUT2D eigenvalue weighted by molar-refractivity contribution is 5.97. The minimum Gasteiger partial charge on any atom is -0.355 e. The lowest BCUT2D eigenvalue weighted by atomic mass is 10.1. The molecule has 0 aromatic heterocycles. The largest absolute Gasteiger partial charge is 0.355 e. The second-order valence-corrected chi connectivity index (χ2v) is 3.79. The summed E-state index contributed by atoms with van der Waals surface area (Å²) in [5.74, 6) is -3.06. The van der Waals surface area contributed by atoms with Crippen LogP contribution in [0.1, 0.15) is 6.42 Å². The maximum atomic E-state index is 13.2. The predicted octanol–water partition coefficient (Wildman–Crippen LogP) is 1.04. The number of nitrogens with one attached hydrogen (secondary N) is 2. The van der Waals surface area contributed by atoms with Crippen LogP contribution in [-0.4, -0.2) is 18.4 Å². The van der Waals surface area contributed by atoms with Crippen molar-refractivity contribution >= 4 is 17.5 Å². The van der Waals surface area contributed by atoms with Gasteiger partial charge in [0.15, 0.2) is 0 Å². The molecular weight excluding hydrogens is 230 g/mol. The second-order valence-electron chi connectivity index (χ2n) is 3.79. The van der Waals surface area contributed by atoms with Gasteiger partial charge in [0.25, 0.3) is 0 Å². The Morgan fingerprint density at radius 2 is 2.00 bits per heavy atom. The van der Waals surface area contributed by atoms with Gasteiger partial charge in [-0.2, -0.15) is 0 Å². The van der Waals surface area contributed by atoms with Crippen LogP contribution < -0.4 is 10.6 Å². The van der Waals surface area contributed by atoms with E-state index in [1.165, 1.54) is 6.07 Å². The van der Waals surface area contributed by atoms with Crippen LogP contribution in [0.4, 0.5) is 14.5 Å². The average molecular weight is 240 g/mol. The second kappa shape index (κ2) is 4.48. The summed E-state index contributed by atoms with van der Waals surface area (Å²) < 4.78 is 26.5. The normalized spacial score (nSPS) is 18.9.